The number of amides is 1. The zero-order chi connectivity index (χ0) is 21.3. The van der Waals surface area contributed by atoms with E-state index in [1.165, 1.54) is 5.56 Å². The third-order valence-corrected chi connectivity index (χ3v) is 8.57. The number of nitrogens with zero attached hydrogens (tertiary/aromatic N) is 2. The lowest BCUT2D eigenvalue weighted by molar-refractivity contribution is -0.163. The maximum atomic E-state index is 13.6. The fourth-order valence-corrected chi connectivity index (χ4v) is 6.93. The van der Waals surface area contributed by atoms with Gasteiger partial charge in [-0.05, 0) is 49.5 Å². The van der Waals surface area contributed by atoms with Crippen LogP contribution in [0.1, 0.15) is 46.1 Å². The number of ketones is 1. The molecule has 2 aliphatic heterocycles. The van der Waals surface area contributed by atoms with Gasteiger partial charge in [-0.2, -0.15) is 0 Å². The van der Waals surface area contributed by atoms with E-state index < -0.39 is 10.8 Å². The Morgan fingerprint density at radius 2 is 1.63 bits per heavy atom. The highest BCUT2D eigenvalue weighted by Crippen LogP contribution is 2.59. The molecule has 6 rings (SSSR count). The van der Waals surface area contributed by atoms with Crippen LogP contribution in [0, 0.1) is 28.1 Å². The van der Waals surface area contributed by atoms with Gasteiger partial charge in [0.05, 0.1) is 10.8 Å². The Labute approximate surface area is 180 Å². The van der Waals surface area contributed by atoms with Gasteiger partial charge in [0.25, 0.3) is 0 Å². The molecule has 4 bridgehead atoms. The minimum Gasteiger partial charge on any atom is -0.337 e. The summed E-state index contributed by atoms with van der Waals surface area (Å²) in [6, 6.07) is 10.5. The molecule has 4 nitrogen and oxygen atoms in total. The Bertz CT molecular complexity index is 896. The number of rotatable bonds is 3. The molecule has 0 radical (unpaired) electrons. The first-order chi connectivity index (χ1) is 14.1. The molecule has 1 amide bonds. The molecule has 160 valence electrons. The first kappa shape index (κ1) is 20.0. The van der Waals surface area contributed by atoms with Gasteiger partial charge in [0, 0.05) is 38.3 Å². The van der Waals surface area contributed by atoms with Gasteiger partial charge in [-0.25, -0.2) is 0 Å². The molecule has 5 aliphatic rings. The van der Waals surface area contributed by atoms with Crippen LogP contribution in [-0.2, 0) is 16.1 Å². The second-order valence-electron chi connectivity index (χ2n) is 11.4. The molecule has 1 aromatic rings. The van der Waals surface area contributed by atoms with Crippen LogP contribution in [0.4, 0.5) is 0 Å². The third-order valence-electron chi connectivity index (χ3n) is 8.57. The first-order valence-corrected chi connectivity index (χ1v) is 11.4. The van der Waals surface area contributed by atoms with Gasteiger partial charge < -0.3 is 4.90 Å². The molecule has 0 unspecified atom stereocenters. The van der Waals surface area contributed by atoms with Crippen LogP contribution in [0.15, 0.2) is 42.0 Å². The molecule has 0 N–H and O–H groups in total. The number of hydrogen-bond donors (Lipinski definition) is 0. The van der Waals surface area contributed by atoms with Crippen LogP contribution in [0.5, 0.6) is 0 Å². The second-order valence-corrected chi connectivity index (χ2v) is 11.4. The minimum atomic E-state index is -0.497. The fourth-order valence-electron chi connectivity index (χ4n) is 6.93. The van der Waals surface area contributed by atoms with E-state index >= 15 is 0 Å². The van der Waals surface area contributed by atoms with Crippen molar-refractivity contribution < 1.29 is 9.59 Å². The van der Waals surface area contributed by atoms with Crippen molar-refractivity contribution in [3.05, 3.63) is 47.5 Å². The highest BCUT2D eigenvalue weighted by atomic mass is 16.2. The van der Waals surface area contributed by atoms with Crippen molar-refractivity contribution in [2.24, 2.45) is 28.1 Å². The number of allylic oxidation sites excluding steroid dienone is 1. The monoisotopic (exact) mass is 406 g/mol. The molecule has 3 fully saturated rings. The predicted molar refractivity (Wildman–Crippen MR) is 118 cm³/mol. The maximum Gasteiger partial charge on any atom is 0.249 e. The Balaban J connectivity index is 1.37. The van der Waals surface area contributed by atoms with Crippen molar-refractivity contribution in [2.75, 3.05) is 26.2 Å². The summed E-state index contributed by atoms with van der Waals surface area (Å²) in [4.78, 5) is 31.4. The van der Waals surface area contributed by atoms with Crippen molar-refractivity contribution in [3.8, 4) is 0 Å². The normalized spacial score (nSPS) is 37.4. The summed E-state index contributed by atoms with van der Waals surface area (Å²) in [6.45, 7) is 12.1. The van der Waals surface area contributed by atoms with E-state index in [0.29, 0.717) is 24.8 Å². The zero-order valence-corrected chi connectivity index (χ0v) is 18.8. The Kier molecular flexibility index (Phi) is 4.35. The molecule has 0 spiro atoms. The molecule has 0 aromatic heterocycles. The number of benzene rings is 1. The topological polar surface area (TPSA) is 40.6 Å². The van der Waals surface area contributed by atoms with Crippen LogP contribution >= 0.6 is 0 Å². The average Bonchev–Trinajstić information content (AvgIpc) is 2.70. The highest BCUT2D eigenvalue weighted by molar-refractivity contribution is 5.98. The SMILES string of the molecule is CC1(C)[C@H]2CC=C(C(=O)N3C[C@]4(C)CN(Cc5ccccc5)C[C@](C)(C3)C4=O)[C@@H]1C2. The third kappa shape index (κ3) is 2.90. The molecular weight excluding hydrogens is 372 g/mol. The molecule has 2 saturated heterocycles. The smallest absolute Gasteiger partial charge is 0.249 e. The van der Waals surface area contributed by atoms with E-state index in [-0.39, 0.29) is 11.3 Å². The summed E-state index contributed by atoms with van der Waals surface area (Å²) in [5, 5.41) is 0. The Morgan fingerprint density at radius 3 is 2.20 bits per heavy atom. The van der Waals surface area contributed by atoms with Crippen LogP contribution < -0.4 is 0 Å². The van der Waals surface area contributed by atoms with E-state index in [1.54, 1.807) is 0 Å². The van der Waals surface area contributed by atoms with Crippen LogP contribution in [0.3, 0.4) is 0 Å². The standard InChI is InChI=1S/C26H34N2O2/c1-24(2)19-10-11-20(21(24)12-19)22(29)28-16-25(3)14-27(13-18-8-6-5-7-9-18)15-26(4,17-28)23(25)30/h5-9,11,19,21H,10,12-17H2,1-4H3/t19-,21-,25-,26+/m0/s1. The average molecular weight is 407 g/mol. The molecule has 4 atom stereocenters. The van der Waals surface area contributed by atoms with Crippen molar-refractivity contribution in [1.29, 1.82) is 0 Å². The molecule has 3 aliphatic carbocycles. The van der Waals surface area contributed by atoms with Crippen molar-refractivity contribution in [2.45, 2.75) is 47.1 Å². The van der Waals surface area contributed by atoms with Gasteiger partial charge in [-0.3, -0.25) is 14.5 Å². The molecule has 2 heterocycles. The molecule has 4 heteroatoms. The highest BCUT2D eigenvalue weighted by Gasteiger charge is 2.58. The summed E-state index contributed by atoms with van der Waals surface area (Å²) < 4.78 is 0. The molecule has 1 aromatic carbocycles. The number of hydrogen-bond acceptors (Lipinski definition) is 3. The van der Waals surface area contributed by atoms with Gasteiger partial charge in [0.2, 0.25) is 5.91 Å². The number of Topliss-reactive ketones (excluding diaryl/α,β-unsaturated/α-hetero) is 1. The number of likely N-dealkylation sites (tertiary alicyclic amines) is 2. The van der Waals surface area contributed by atoms with E-state index in [9.17, 15) is 9.59 Å². The lowest BCUT2D eigenvalue weighted by Gasteiger charge is -2.58. The Morgan fingerprint density at radius 1 is 1.00 bits per heavy atom. The van der Waals surface area contributed by atoms with E-state index in [4.69, 9.17) is 0 Å². The maximum absolute atomic E-state index is 13.6. The van der Waals surface area contributed by atoms with Gasteiger partial charge in [-0.1, -0.05) is 50.3 Å². The number of fused-ring (bicyclic) bond motifs is 3. The number of carbonyl (C=O) groups is 2. The first-order valence-electron chi connectivity index (χ1n) is 11.4. The van der Waals surface area contributed by atoms with E-state index in [2.05, 4.69) is 62.9 Å². The molecule has 30 heavy (non-hydrogen) atoms. The van der Waals surface area contributed by atoms with Gasteiger partial charge in [0.15, 0.2) is 5.78 Å². The summed E-state index contributed by atoms with van der Waals surface area (Å²) in [5.41, 5.74) is 1.54. The van der Waals surface area contributed by atoms with Crippen molar-refractivity contribution in [1.82, 2.24) is 9.80 Å². The van der Waals surface area contributed by atoms with Crippen molar-refractivity contribution in [3.63, 3.8) is 0 Å². The van der Waals surface area contributed by atoms with E-state index in [0.717, 1.165) is 44.0 Å². The summed E-state index contributed by atoms with van der Waals surface area (Å²) in [6.07, 6.45) is 4.37. The van der Waals surface area contributed by atoms with Crippen molar-refractivity contribution >= 4 is 11.7 Å². The summed E-state index contributed by atoms with van der Waals surface area (Å²) in [5.74, 6) is 1.64. The number of carbonyl (C=O) groups excluding carboxylic acids is 2. The fraction of sp³-hybridized carbons (Fsp3) is 0.615. The Hall–Kier alpha value is -1.94. The number of piperidine rings is 2. The van der Waals surface area contributed by atoms with Crippen LogP contribution in [-0.4, -0.2) is 47.7 Å². The summed E-state index contributed by atoms with van der Waals surface area (Å²) >= 11 is 0. The zero-order valence-electron chi connectivity index (χ0n) is 18.8. The quantitative estimate of drug-likeness (QED) is 0.764. The van der Waals surface area contributed by atoms with Gasteiger partial charge >= 0.3 is 0 Å². The largest absolute Gasteiger partial charge is 0.337 e. The van der Waals surface area contributed by atoms with Crippen LogP contribution in [0.2, 0.25) is 0 Å². The van der Waals surface area contributed by atoms with E-state index in [1.807, 2.05) is 11.0 Å². The molecule has 1 saturated carbocycles. The lowest BCUT2D eigenvalue weighted by Crippen LogP contribution is -2.69. The van der Waals surface area contributed by atoms with Gasteiger partial charge in [-0.15, -0.1) is 0 Å². The van der Waals surface area contributed by atoms with Crippen LogP contribution in [0.25, 0.3) is 0 Å². The predicted octanol–water partition coefficient (Wildman–Crippen LogP) is 3.92. The summed E-state index contributed by atoms with van der Waals surface area (Å²) in [7, 11) is 0. The molecular formula is C26H34N2O2. The van der Waals surface area contributed by atoms with Gasteiger partial charge in [0.1, 0.15) is 0 Å². The second kappa shape index (κ2) is 6.53. The lowest BCUT2D eigenvalue weighted by atomic mass is 9.48. The minimum absolute atomic E-state index is 0.188.